The van der Waals surface area contributed by atoms with Crippen LogP contribution in [0.2, 0.25) is 10.0 Å². The molecule has 0 fully saturated rings. The Labute approximate surface area is 163 Å². The molecule has 0 heterocycles. The molecule has 140 valence electrons. The van der Waals surface area contributed by atoms with Crippen LogP contribution < -0.4 is 4.74 Å². The van der Waals surface area contributed by atoms with Gasteiger partial charge in [0.05, 0.1) is 29.2 Å². The molecule has 0 amide bonds. The fourth-order valence-corrected chi connectivity index (χ4v) is 2.89. The van der Waals surface area contributed by atoms with Gasteiger partial charge in [-0.25, -0.2) is 0 Å². The first-order chi connectivity index (χ1) is 12.5. The Bertz CT molecular complexity index is 716. The van der Waals surface area contributed by atoms with Crippen LogP contribution in [0.4, 0.5) is 0 Å². The zero-order valence-electron chi connectivity index (χ0n) is 14.6. The summed E-state index contributed by atoms with van der Waals surface area (Å²) in [5.74, 6) is -0.139. The molecule has 2 aromatic carbocycles. The lowest BCUT2D eigenvalue weighted by atomic mass is 10.1. The van der Waals surface area contributed by atoms with Gasteiger partial charge in [-0.1, -0.05) is 41.4 Å². The van der Waals surface area contributed by atoms with Crippen molar-refractivity contribution >= 4 is 29.2 Å². The summed E-state index contributed by atoms with van der Waals surface area (Å²) in [7, 11) is 0. The zero-order chi connectivity index (χ0) is 18.9. The summed E-state index contributed by atoms with van der Waals surface area (Å²) in [6, 6.07) is 13.0. The highest BCUT2D eigenvalue weighted by Crippen LogP contribution is 2.25. The van der Waals surface area contributed by atoms with Gasteiger partial charge in [0.1, 0.15) is 5.75 Å². The van der Waals surface area contributed by atoms with Gasteiger partial charge in [0.25, 0.3) is 0 Å². The summed E-state index contributed by atoms with van der Waals surface area (Å²) >= 11 is 11.9. The predicted octanol–water partition coefficient (Wildman–Crippen LogP) is 5.56. The molecule has 2 rings (SSSR count). The van der Waals surface area contributed by atoms with Crippen LogP contribution in [0, 0.1) is 0 Å². The topological polar surface area (TPSA) is 55.8 Å². The van der Waals surface area contributed by atoms with Crippen molar-refractivity contribution in [2.24, 2.45) is 0 Å². The van der Waals surface area contributed by atoms with Crippen LogP contribution in [0.25, 0.3) is 0 Å². The molecule has 1 atom stereocenters. The third kappa shape index (κ3) is 6.52. The predicted molar refractivity (Wildman–Crippen MR) is 103 cm³/mol. The molecule has 1 N–H and O–H groups in total. The molecule has 26 heavy (non-hydrogen) atoms. The van der Waals surface area contributed by atoms with Crippen molar-refractivity contribution in [3.8, 4) is 5.75 Å². The Morgan fingerprint density at radius 1 is 1.12 bits per heavy atom. The second kappa shape index (κ2) is 10.4. The molecular weight excluding hydrogens is 375 g/mol. The van der Waals surface area contributed by atoms with Crippen molar-refractivity contribution in [2.75, 3.05) is 13.2 Å². The first-order valence-corrected chi connectivity index (χ1v) is 9.25. The normalized spacial score (nSPS) is 12.0. The van der Waals surface area contributed by atoms with Crippen LogP contribution >= 0.6 is 23.2 Å². The number of benzene rings is 2. The average molecular weight is 397 g/mol. The van der Waals surface area contributed by atoms with E-state index in [4.69, 9.17) is 37.8 Å². The maximum absolute atomic E-state index is 10.9. The van der Waals surface area contributed by atoms with Crippen molar-refractivity contribution < 1.29 is 19.4 Å². The van der Waals surface area contributed by atoms with E-state index in [1.165, 1.54) is 0 Å². The molecular formula is C20H22Cl2O4. The summed E-state index contributed by atoms with van der Waals surface area (Å²) in [6.07, 6.45) is 1.19. The van der Waals surface area contributed by atoms with Crippen molar-refractivity contribution in [3.05, 3.63) is 63.6 Å². The van der Waals surface area contributed by atoms with Crippen LogP contribution in [0.15, 0.2) is 42.5 Å². The third-order valence-corrected chi connectivity index (χ3v) is 4.58. The Morgan fingerprint density at radius 2 is 1.85 bits per heavy atom. The number of carbonyl (C=O) groups is 1. The van der Waals surface area contributed by atoms with E-state index in [9.17, 15) is 4.79 Å². The second-order valence-electron chi connectivity index (χ2n) is 5.81. The highest BCUT2D eigenvalue weighted by Gasteiger charge is 2.15. The lowest BCUT2D eigenvalue weighted by Crippen LogP contribution is -2.10. The van der Waals surface area contributed by atoms with Gasteiger partial charge in [0.2, 0.25) is 0 Å². The minimum Gasteiger partial charge on any atom is -0.494 e. The summed E-state index contributed by atoms with van der Waals surface area (Å²) in [5, 5.41) is 10.1. The van der Waals surface area contributed by atoms with E-state index in [0.29, 0.717) is 23.3 Å². The lowest BCUT2D eigenvalue weighted by molar-refractivity contribution is -0.140. The van der Waals surface area contributed by atoms with E-state index in [1.54, 1.807) is 6.07 Å². The van der Waals surface area contributed by atoms with Gasteiger partial charge >= 0.3 is 5.97 Å². The molecule has 0 saturated carbocycles. The van der Waals surface area contributed by atoms with E-state index < -0.39 is 12.1 Å². The molecule has 0 spiro atoms. The zero-order valence-corrected chi connectivity index (χ0v) is 16.1. The van der Waals surface area contributed by atoms with Crippen LogP contribution in [0.1, 0.15) is 37.0 Å². The summed E-state index contributed by atoms with van der Waals surface area (Å²) in [6.45, 7) is 2.88. The summed E-state index contributed by atoms with van der Waals surface area (Å²) < 4.78 is 11.2. The molecule has 0 saturated heterocycles. The Morgan fingerprint density at radius 3 is 2.46 bits per heavy atom. The number of rotatable bonds is 10. The highest BCUT2D eigenvalue weighted by molar-refractivity contribution is 6.42. The molecule has 0 aliphatic rings. The summed E-state index contributed by atoms with van der Waals surface area (Å²) in [5.41, 5.74) is 1.95. The van der Waals surface area contributed by atoms with E-state index in [2.05, 4.69) is 0 Å². The highest BCUT2D eigenvalue weighted by atomic mass is 35.5. The van der Waals surface area contributed by atoms with Crippen LogP contribution in [0.5, 0.6) is 5.75 Å². The van der Waals surface area contributed by atoms with Gasteiger partial charge < -0.3 is 14.6 Å². The third-order valence-electron chi connectivity index (χ3n) is 3.84. The molecule has 0 radical (unpaired) electrons. The second-order valence-corrected chi connectivity index (χ2v) is 6.63. The van der Waals surface area contributed by atoms with E-state index in [-0.39, 0.29) is 6.42 Å². The fourth-order valence-electron chi connectivity index (χ4n) is 2.57. The van der Waals surface area contributed by atoms with Gasteiger partial charge in [0.15, 0.2) is 0 Å². The Balaban J connectivity index is 1.82. The number of carboxylic acid groups (broad SMARTS) is 1. The lowest BCUT2D eigenvalue weighted by Gasteiger charge is -2.16. The van der Waals surface area contributed by atoms with Gasteiger partial charge in [-0.05, 0) is 55.2 Å². The first kappa shape index (κ1) is 20.6. The average Bonchev–Trinajstić information content (AvgIpc) is 2.61. The minimum absolute atomic E-state index is 0.0578. The quantitative estimate of drug-likeness (QED) is 0.534. The molecule has 2 aromatic rings. The number of aliphatic carboxylic acids is 1. The van der Waals surface area contributed by atoms with Crippen LogP contribution in [-0.4, -0.2) is 24.3 Å². The molecule has 6 heteroatoms. The van der Waals surface area contributed by atoms with Gasteiger partial charge in [0, 0.05) is 6.61 Å². The molecule has 4 nitrogen and oxygen atoms in total. The van der Waals surface area contributed by atoms with Gasteiger partial charge in [-0.15, -0.1) is 0 Å². The Hall–Kier alpha value is -1.75. The molecule has 0 aliphatic carbocycles. The van der Waals surface area contributed by atoms with E-state index >= 15 is 0 Å². The van der Waals surface area contributed by atoms with Gasteiger partial charge in [-0.2, -0.15) is 0 Å². The monoisotopic (exact) mass is 396 g/mol. The minimum atomic E-state index is -0.883. The SMILES string of the molecule is CCOC(CC(=O)O)c1ccc(OCCCc2ccc(Cl)c(Cl)c2)cc1. The smallest absolute Gasteiger partial charge is 0.306 e. The first-order valence-electron chi connectivity index (χ1n) is 8.49. The van der Waals surface area contributed by atoms with Crippen molar-refractivity contribution in [3.63, 3.8) is 0 Å². The van der Waals surface area contributed by atoms with E-state index in [0.717, 1.165) is 29.7 Å². The fraction of sp³-hybridized carbons (Fsp3) is 0.350. The number of hydrogen-bond acceptors (Lipinski definition) is 3. The van der Waals surface area contributed by atoms with Gasteiger partial charge in [-0.3, -0.25) is 4.79 Å². The molecule has 1 unspecified atom stereocenters. The molecule has 0 aromatic heterocycles. The number of ether oxygens (including phenoxy) is 2. The number of hydrogen-bond donors (Lipinski definition) is 1. The summed E-state index contributed by atoms with van der Waals surface area (Å²) in [4.78, 5) is 10.9. The van der Waals surface area contributed by atoms with Crippen LogP contribution in [-0.2, 0) is 16.0 Å². The van der Waals surface area contributed by atoms with E-state index in [1.807, 2.05) is 43.3 Å². The molecule has 0 bridgehead atoms. The largest absolute Gasteiger partial charge is 0.494 e. The van der Waals surface area contributed by atoms with Crippen LogP contribution in [0.3, 0.4) is 0 Å². The number of halogens is 2. The van der Waals surface area contributed by atoms with Crippen molar-refractivity contribution in [1.29, 1.82) is 0 Å². The number of carboxylic acids is 1. The standard InChI is InChI=1S/C20H22Cl2O4/c1-2-25-19(13-20(23)24)15-6-8-16(9-7-15)26-11-3-4-14-5-10-17(21)18(22)12-14/h5-10,12,19H,2-4,11,13H2,1H3,(H,23,24). The van der Waals surface area contributed by atoms with Crippen molar-refractivity contribution in [1.82, 2.24) is 0 Å². The number of aryl methyl sites for hydroxylation is 1. The van der Waals surface area contributed by atoms with Crippen molar-refractivity contribution in [2.45, 2.75) is 32.3 Å². The maximum Gasteiger partial charge on any atom is 0.306 e. The Kier molecular flexibility index (Phi) is 8.23. The maximum atomic E-state index is 10.9. The molecule has 0 aliphatic heterocycles.